The molecular formula is C10H8N2O4. The van der Waals surface area contributed by atoms with Gasteiger partial charge in [0.2, 0.25) is 0 Å². The van der Waals surface area contributed by atoms with E-state index in [0.29, 0.717) is 22.7 Å². The van der Waals surface area contributed by atoms with Crippen molar-refractivity contribution in [1.82, 2.24) is 4.98 Å². The molecule has 0 aliphatic rings. The highest BCUT2D eigenvalue weighted by Crippen LogP contribution is 2.19. The number of oxazole rings is 1. The summed E-state index contributed by atoms with van der Waals surface area (Å²) in [7, 11) is 0. The SMILES string of the molecule is Cc1nc2cc(NC(=O)C(=O)O)ccc2o1. The molecule has 6 heteroatoms. The maximum Gasteiger partial charge on any atom is 0.394 e. The summed E-state index contributed by atoms with van der Waals surface area (Å²) in [5, 5.41) is 10.6. The van der Waals surface area contributed by atoms with Gasteiger partial charge in [-0.05, 0) is 18.2 Å². The Morgan fingerprint density at radius 3 is 2.88 bits per heavy atom. The highest BCUT2D eigenvalue weighted by molar-refractivity contribution is 6.36. The van der Waals surface area contributed by atoms with E-state index in [1.54, 1.807) is 25.1 Å². The van der Waals surface area contributed by atoms with Gasteiger partial charge in [-0.25, -0.2) is 9.78 Å². The van der Waals surface area contributed by atoms with Gasteiger partial charge in [0.1, 0.15) is 5.52 Å². The number of carbonyl (C=O) groups excluding carboxylic acids is 1. The van der Waals surface area contributed by atoms with Crippen LogP contribution in [0.3, 0.4) is 0 Å². The summed E-state index contributed by atoms with van der Waals surface area (Å²) in [5.41, 5.74) is 1.53. The molecule has 0 spiro atoms. The van der Waals surface area contributed by atoms with Crippen LogP contribution in [0.1, 0.15) is 5.89 Å². The number of nitrogens with one attached hydrogen (secondary N) is 1. The van der Waals surface area contributed by atoms with E-state index < -0.39 is 11.9 Å². The zero-order valence-electron chi connectivity index (χ0n) is 8.35. The number of carboxylic acid groups (broad SMARTS) is 1. The molecule has 0 bridgehead atoms. The van der Waals surface area contributed by atoms with Crippen LogP contribution < -0.4 is 5.32 Å². The monoisotopic (exact) mass is 220 g/mol. The average molecular weight is 220 g/mol. The molecule has 0 radical (unpaired) electrons. The van der Waals surface area contributed by atoms with Crippen molar-refractivity contribution in [2.75, 3.05) is 5.32 Å². The number of hydrogen-bond acceptors (Lipinski definition) is 4. The normalized spacial score (nSPS) is 10.3. The van der Waals surface area contributed by atoms with Gasteiger partial charge in [0.15, 0.2) is 11.5 Å². The second kappa shape index (κ2) is 3.65. The molecule has 0 atom stereocenters. The van der Waals surface area contributed by atoms with Gasteiger partial charge in [-0.1, -0.05) is 0 Å². The highest BCUT2D eigenvalue weighted by atomic mass is 16.4. The molecule has 0 saturated heterocycles. The van der Waals surface area contributed by atoms with Crippen molar-refractivity contribution < 1.29 is 19.1 Å². The van der Waals surface area contributed by atoms with Crippen LogP contribution in [0.5, 0.6) is 0 Å². The molecule has 1 amide bonds. The predicted molar refractivity (Wildman–Crippen MR) is 55.0 cm³/mol. The Morgan fingerprint density at radius 2 is 2.19 bits per heavy atom. The number of aromatic nitrogens is 1. The van der Waals surface area contributed by atoms with E-state index in [2.05, 4.69) is 10.3 Å². The van der Waals surface area contributed by atoms with Crippen molar-refractivity contribution in [3.63, 3.8) is 0 Å². The van der Waals surface area contributed by atoms with Crippen LogP contribution in [0.25, 0.3) is 11.1 Å². The van der Waals surface area contributed by atoms with Gasteiger partial charge in [0, 0.05) is 12.6 Å². The Hall–Kier alpha value is -2.37. The third-order valence-corrected chi connectivity index (χ3v) is 1.95. The fourth-order valence-electron chi connectivity index (χ4n) is 1.30. The number of amides is 1. The van der Waals surface area contributed by atoms with E-state index in [4.69, 9.17) is 9.52 Å². The van der Waals surface area contributed by atoms with Crippen molar-refractivity contribution in [3.8, 4) is 0 Å². The molecule has 82 valence electrons. The Morgan fingerprint density at radius 1 is 1.44 bits per heavy atom. The number of fused-ring (bicyclic) bond motifs is 1. The van der Waals surface area contributed by atoms with Gasteiger partial charge in [0.05, 0.1) is 0 Å². The lowest BCUT2D eigenvalue weighted by atomic mass is 10.3. The topological polar surface area (TPSA) is 92.4 Å². The number of hydrogen-bond donors (Lipinski definition) is 2. The van der Waals surface area contributed by atoms with Crippen molar-refractivity contribution in [1.29, 1.82) is 0 Å². The molecule has 0 aliphatic carbocycles. The lowest BCUT2D eigenvalue weighted by Crippen LogP contribution is -2.21. The van der Waals surface area contributed by atoms with Gasteiger partial charge in [0.25, 0.3) is 0 Å². The van der Waals surface area contributed by atoms with Crippen LogP contribution in [-0.4, -0.2) is 22.0 Å². The predicted octanol–water partition coefficient (Wildman–Crippen LogP) is 1.16. The number of rotatable bonds is 1. The molecule has 1 heterocycles. The molecule has 2 aromatic rings. The Labute approximate surface area is 89.9 Å². The Bertz CT molecular complexity index is 573. The number of benzene rings is 1. The summed E-state index contributed by atoms with van der Waals surface area (Å²) < 4.78 is 5.24. The molecule has 2 N–H and O–H groups in total. The molecule has 0 unspecified atom stereocenters. The first-order valence-electron chi connectivity index (χ1n) is 4.48. The zero-order valence-corrected chi connectivity index (χ0v) is 8.35. The molecule has 2 rings (SSSR count). The maximum atomic E-state index is 10.9. The third kappa shape index (κ3) is 1.85. The number of nitrogens with zero attached hydrogens (tertiary/aromatic N) is 1. The molecule has 16 heavy (non-hydrogen) atoms. The first kappa shape index (κ1) is 10.2. The van der Waals surface area contributed by atoms with Crippen LogP contribution in [0.2, 0.25) is 0 Å². The Kier molecular flexibility index (Phi) is 2.32. The maximum absolute atomic E-state index is 10.9. The lowest BCUT2D eigenvalue weighted by Gasteiger charge is -2.00. The number of carbonyl (C=O) groups is 2. The van der Waals surface area contributed by atoms with Crippen molar-refractivity contribution >= 4 is 28.7 Å². The molecular weight excluding hydrogens is 212 g/mol. The molecule has 0 fully saturated rings. The standard InChI is InChI=1S/C10H8N2O4/c1-5-11-7-4-6(2-3-8(7)16-5)12-9(13)10(14)15/h2-4H,1H3,(H,12,13)(H,14,15). The number of aliphatic carboxylic acids is 1. The van der Waals surface area contributed by atoms with Crippen LogP contribution in [-0.2, 0) is 9.59 Å². The van der Waals surface area contributed by atoms with Crippen LogP contribution in [0.4, 0.5) is 5.69 Å². The van der Waals surface area contributed by atoms with Gasteiger partial charge < -0.3 is 14.8 Å². The fraction of sp³-hybridized carbons (Fsp3) is 0.100. The number of carboxylic acids is 1. The summed E-state index contributed by atoms with van der Waals surface area (Å²) in [5.74, 6) is -2.10. The van der Waals surface area contributed by atoms with E-state index in [1.807, 2.05) is 0 Å². The molecule has 0 saturated carbocycles. The first-order chi connectivity index (χ1) is 7.56. The first-order valence-corrected chi connectivity index (χ1v) is 4.48. The van der Waals surface area contributed by atoms with Gasteiger partial charge in [-0.2, -0.15) is 0 Å². The summed E-state index contributed by atoms with van der Waals surface area (Å²) in [6, 6.07) is 4.72. The van der Waals surface area contributed by atoms with Gasteiger partial charge in [-0.3, -0.25) is 4.79 Å². The third-order valence-electron chi connectivity index (χ3n) is 1.95. The quantitative estimate of drug-likeness (QED) is 0.703. The summed E-state index contributed by atoms with van der Waals surface area (Å²) >= 11 is 0. The second-order valence-electron chi connectivity index (χ2n) is 3.17. The number of aryl methyl sites for hydroxylation is 1. The van der Waals surface area contributed by atoms with Crippen LogP contribution in [0.15, 0.2) is 22.6 Å². The van der Waals surface area contributed by atoms with Crippen molar-refractivity contribution in [3.05, 3.63) is 24.1 Å². The van der Waals surface area contributed by atoms with E-state index >= 15 is 0 Å². The van der Waals surface area contributed by atoms with Gasteiger partial charge >= 0.3 is 11.9 Å². The summed E-state index contributed by atoms with van der Waals surface area (Å²) in [4.78, 5) is 25.3. The number of anilines is 1. The smallest absolute Gasteiger partial charge is 0.394 e. The second-order valence-corrected chi connectivity index (χ2v) is 3.17. The minimum Gasteiger partial charge on any atom is -0.474 e. The average Bonchev–Trinajstić information content (AvgIpc) is 2.57. The van der Waals surface area contributed by atoms with Crippen LogP contribution in [0, 0.1) is 6.92 Å². The minimum atomic E-state index is -1.53. The van der Waals surface area contributed by atoms with Crippen LogP contribution >= 0.6 is 0 Å². The van der Waals surface area contributed by atoms with E-state index in [9.17, 15) is 9.59 Å². The lowest BCUT2D eigenvalue weighted by molar-refractivity contribution is -0.147. The largest absolute Gasteiger partial charge is 0.474 e. The molecule has 1 aromatic carbocycles. The Balaban J connectivity index is 2.32. The van der Waals surface area contributed by atoms with E-state index in [-0.39, 0.29) is 0 Å². The zero-order chi connectivity index (χ0) is 11.7. The molecule has 0 aliphatic heterocycles. The summed E-state index contributed by atoms with van der Waals surface area (Å²) in [6.07, 6.45) is 0. The van der Waals surface area contributed by atoms with Crippen molar-refractivity contribution in [2.45, 2.75) is 6.92 Å². The summed E-state index contributed by atoms with van der Waals surface area (Å²) in [6.45, 7) is 1.70. The highest BCUT2D eigenvalue weighted by Gasteiger charge is 2.11. The van der Waals surface area contributed by atoms with E-state index in [0.717, 1.165) is 0 Å². The van der Waals surface area contributed by atoms with Crippen molar-refractivity contribution in [2.24, 2.45) is 0 Å². The van der Waals surface area contributed by atoms with Gasteiger partial charge in [-0.15, -0.1) is 0 Å². The minimum absolute atomic E-state index is 0.369. The molecule has 6 nitrogen and oxygen atoms in total. The molecule has 1 aromatic heterocycles. The fourth-order valence-corrected chi connectivity index (χ4v) is 1.30. The van der Waals surface area contributed by atoms with E-state index in [1.165, 1.54) is 0 Å².